The number of nitrogens with zero attached hydrogens (tertiary/aromatic N) is 2. The molecule has 2 rings (SSSR count). The molecule has 0 bridgehead atoms. The Morgan fingerprint density at radius 2 is 2.12 bits per heavy atom. The van der Waals surface area contributed by atoms with Gasteiger partial charge in [0.2, 0.25) is 5.89 Å². The van der Waals surface area contributed by atoms with Gasteiger partial charge in [-0.2, -0.15) is 0 Å². The molecule has 0 saturated heterocycles. The molecule has 0 aliphatic heterocycles. The van der Waals surface area contributed by atoms with Crippen molar-refractivity contribution < 1.29 is 19.1 Å². The Morgan fingerprint density at radius 1 is 1.40 bits per heavy atom. The van der Waals surface area contributed by atoms with Crippen LogP contribution in [-0.4, -0.2) is 23.3 Å². The molecule has 0 aliphatic rings. The first-order valence-corrected chi connectivity index (χ1v) is 8.79. The zero-order chi connectivity index (χ0) is 18.6. The summed E-state index contributed by atoms with van der Waals surface area (Å²) in [6.07, 6.45) is 2.16. The predicted octanol–water partition coefficient (Wildman–Crippen LogP) is 2.96. The first-order valence-electron chi connectivity index (χ1n) is 7.97. The van der Waals surface area contributed by atoms with Gasteiger partial charge in [0.1, 0.15) is 5.75 Å². The molecule has 0 atom stereocenters. The average Bonchev–Trinajstić information content (AvgIpc) is 3.02. The molecule has 0 fully saturated rings. The predicted molar refractivity (Wildman–Crippen MR) is 94.3 cm³/mol. The van der Waals surface area contributed by atoms with E-state index in [2.05, 4.69) is 24.0 Å². The molecule has 1 aromatic carbocycles. The number of thioether (sulfide) groups is 1. The van der Waals surface area contributed by atoms with Crippen molar-refractivity contribution in [3.05, 3.63) is 39.6 Å². The van der Waals surface area contributed by atoms with Crippen LogP contribution in [0.4, 0.5) is 0 Å². The van der Waals surface area contributed by atoms with Crippen molar-refractivity contribution in [2.45, 2.75) is 45.3 Å². The number of hydrogen-bond acceptors (Lipinski definition) is 7. The van der Waals surface area contributed by atoms with Gasteiger partial charge in [-0.3, -0.25) is 0 Å². The van der Waals surface area contributed by atoms with E-state index in [-0.39, 0.29) is 16.0 Å². The van der Waals surface area contributed by atoms with E-state index in [1.54, 1.807) is 13.2 Å². The van der Waals surface area contributed by atoms with E-state index in [1.807, 2.05) is 26.0 Å². The number of carboxylic acid groups (broad SMARTS) is 1. The summed E-state index contributed by atoms with van der Waals surface area (Å²) in [4.78, 5) is 11.5. The summed E-state index contributed by atoms with van der Waals surface area (Å²) in [6, 6.07) is 3.84. The maximum atomic E-state index is 11.5. The van der Waals surface area contributed by atoms with Crippen LogP contribution in [0.1, 0.15) is 49.3 Å². The highest BCUT2D eigenvalue weighted by Gasteiger charge is 2.13. The van der Waals surface area contributed by atoms with Crippen molar-refractivity contribution in [3.63, 3.8) is 0 Å². The third kappa shape index (κ3) is 4.63. The summed E-state index contributed by atoms with van der Waals surface area (Å²) >= 11 is 0.888. The lowest BCUT2D eigenvalue weighted by molar-refractivity contribution is -0.298. The molecule has 0 aliphatic carbocycles. The lowest BCUT2D eigenvalue weighted by atomic mass is 9.96. The van der Waals surface area contributed by atoms with Crippen molar-refractivity contribution in [3.8, 4) is 5.75 Å². The number of aromatic nitrogens is 2. The van der Waals surface area contributed by atoms with Gasteiger partial charge in [-0.05, 0) is 59.5 Å². The van der Waals surface area contributed by atoms with Gasteiger partial charge in [0.15, 0.2) is 0 Å². The van der Waals surface area contributed by atoms with Crippen LogP contribution in [0.15, 0.2) is 26.7 Å². The highest BCUT2D eigenvalue weighted by atomic mass is 32.2. The van der Waals surface area contributed by atoms with Crippen LogP contribution in [-0.2, 0) is 11.2 Å². The minimum absolute atomic E-state index is 0.00859. The van der Waals surface area contributed by atoms with E-state index < -0.39 is 5.97 Å². The number of carbonyl (C=O) groups excluding carboxylic acids is 1. The van der Waals surface area contributed by atoms with E-state index in [1.165, 1.54) is 0 Å². The van der Waals surface area contributed by atoms with Gasteiger partial charge in [0, 0.05) is 11.3 Å². The SMILES string of the molecule is CCc1nnc(S/C(=C\c2cc(C(C)C)c(OC)cc2C)C(=O)[O-])o1. The van der Waals surface area contributed by atoms with Crippen molar-refractivity contribution in [2.75, 3.05) is 7.11 Å². The smallest absolute Gasteiger partial charge is 0.281 e. The Morgan fingerprint density at radius 3 is 2.64 bits per heavy atom. The molecule has 0 amide bonds. The molecule has 7 heteroatoms. The Balaban J connectivity index is 2.42. The van der Waals surface area contributed by atoms with Crippen LogP contribution in [0.25, 0.3) is 6.08 Å². The number of aryl methyl sites for hydroxylation is 2. The van der Waals surface area contributed by atoms with Crippen LogP contribution in [0, 0.1) is 6.92 Å². The van der Waals surface area contributed by atoms with Gasteiger partial charge in [-0.25, -0.2) is 0 Å². The van der Waals surface area contributed by atoms with Crippen LogP contribution < -0.4 is 9.84 Å². The second kappa shape index (κ2) is 8.20. The van der Waals surface area contributed by atoms with Crippen LogP contribution >= 0.6 is 11.8 Å². The first kappa shape index (κ1) is 19.1. The molecule has 0 unspecified atom stereocenters. The van der Waals surface area contributed by atoms with E-state index in [4.69, 9.17) is 9.15 Å². The topological polar surface area (TPSA) is 88.3 Å². The Hall–Kier alpha value is -2.28. The van der Waals surface area contributed by atoms with Crippen molar-refractivity contribution in [1.29, 1.82) is 0 Å². The standard InChI is InChI=1S/C18H22N2O4S/c1-6-16-19-20-18(24-16)25-15(17(21)22)9-12-8-13(10(2)3)14(23-5)7-11(12)4/h7-10H,6H2,1-5H3,(H,21,22)/p-1/b15-9-. The molecule has 134 valence electrons. The Labute approximate surface area is 151 Å². The number of rotatable bonds is 7. The molecule has 25 heavy (non-hydrogen) atoms. The average molecular weight is 361 g/mol. The fraction of sp³-hybridized carbons (Fsp3) is 0.389. The maximum absolute atomic E-state index is 11.5. The fourth-order valence-corrected chi connectivity index (χ4v) is 2.96. The third-order valence-corrected chi connectivity index (χ3v) is 4.52. The lowest BCUT2D eigenvalue weighted by Gasteiger charge is -2.15. The fourth-order valence-electron chi connectivity index (χ4n) is 2.29. The minimum atomic E-state index is -1.29. The van der Waals surface area contributed by atoms with Crippen molar-refractivity contribution in [2.24, 2.45) is 0 Å². The highest BCUT2D eigenvalue weighted by Crippen LogP contribution is 2.33. The molecule has 0 saturated carbocycles. The molecule has 1 aromatic heterocycles. The maximum Gasteiger partial charge on any atom is 0.281 e. The van der Waals surface area contributed by atoms with E-state index >= 15 is 0 Å². The van der Waals surface area contributed by atoms with Crippen molar-refractivity contribution in [1.82, 2.24) is 10.2 Å². The zero-order valence-corrected chi connectivity index (χ0v) is 15.8. The second-order valence-corrected chi connectivity index (χ2v) is 6.81. The Bertz CT molecular complexity index is 796. The van der Waals surface area contributed by atoms with Crippen LogP contribution in [0.2, 0.25) is 0 Å². The monoisotopic (exact) mass is 361 g/mol. The molecular weight excluding hydrogens is 340 g/mol. The first-order chi connectivity index (χ1) is 11.8. The van der Waals surface area contributed by atoms with E-state index in [0.717, 1.165) is 34.2 Å². The number of benzene rings is 1. The van der Waals surface area contributed by atoms with Gasteiger partial charge in [-0.15, -0.1) is 10.2 Å². The quantitative estimate of drug-likeness (QED) is 0.553. The van der Waals surface area contributed by atoms with Gasteiger partial charge >= 0.3 is 0 Å². The summed E-state index contributed by atoms with van der Waals surface area (Å²) in [5, 5.41) is 19.4. The highest BCUT2D eigenvalue weighted by molar-refractivity contribution is 8.03. The van der Waals surface area contributed by atoms with Gasteiger partial charge < -0.3 is 19.1 Å². The number of aliphatic carboxylic acids is 1. The molecular formula is C18H21N2O4S-. The third-order valence-electron chi connectivity index (χ3n) is 3.68. The van der Waals surface area contributed by atoms with Crippen molar-refractivity contribution >= 4 is 23.8 Å². The molecule has 0 N–H and O–H groups in total. The molecule has 1 heterocycles. The number of ether oxygens (including phenoxy) is 1. The zero-order valence-electron chi connectivity index (χ0n) is 15.0. The van der Waals surface area contributed by atoms with E-state index in [9.17, 15) is 9.90 Å². The Kier molecular flexibility index (Phi) is 6.25. The largest absolute Gasteiger partial charge is 0.544 e. The second-order valence-electron chi connectivity index (χ2n) is 5.82. The minimum Gasteiger partial charge on any atom is -0.544 e. The summed E-state index contributed by atoms with van der Waals surface area (Å²) in [5.41, 5.74) is 2.69. The number of methoxy groups -OCH3 is 1. The summed E-state index contributed by atoms with van der Waals surface area (Å²) in [5.74, 6) is 0.201. The molecule has 0 spiro atoms. The van der Waals surface area contributed by atoms with Gasteiger partial charge in [-0.1, -0.05) is 20.8 Å². The van der Waals surface area contributed by atoms with Gasteiger partial charge in [0.05, 0.1) is 13.1 Å². The number of hydrogen-bond donors (Lipinski definition) is 0. The van der Waals surface area contributed by atoms with Gasteiger partial charge in [0.25, 0.3) is 5.22 Å². The van der Waals surface area contributed by atoms with Crippen LogP contribution in [0.3, 0.4) is 0 Å². The molecule has 6 nitrogen and oxygen atoms in total. The molecule has 2 aromatic rings. The molecule has 0 radical (unpaired) electrons. The summed E-state index contributed by atoms with van der Waals surface area (Å²) in [7, 11) is 1.62. The normalized spacial score (nSPS) is 11.8. The summed E-state index contributed by atoms with van der Waals surface area (Å²) < 4.78 is 10.8. The lowest BCUT2D eigenvalue weighted by Crippen LogP contribution is -2.23. The number of carboxylic acids is 1. The van der Waals surface area contributed by atoms with Crippen LogP contribution in [0.5, 0.6) is 5.75 Å². The van der Waals surface area contributed by atoms with E-state index in [0.29, 0.717) is 12.3 Å². The summed E-state index contributed by atoms with van der Waals surface area (Å²) in [6.45, 7) is 7.89. The number of carbonyl (C=O) groups is 1.